The molecule has 0 bridgehead atoms. The molecule has 1 aromatic carbocycles. The Morgan fingerprint density at radius 3 is 2.18 bits per heavy atom. The number of esters is 1. The van der Waals surface area contributed by atoms with E-state index in [1.807, 2.05) is 30.3 Å². The molecule has 6 heteroatoms. The second-order valence-electron chi connectivity index (χ2n) is 6.44. The molecule has 0 aliphatic heterocycles. The number of benzene rings is 1. The van der Waals surface area contributed by atoms with Crippen molar-refractivity contribution in [2.24, 2.45) is 0 Å². The third-order valence-electron chi connectivity index (χ3n) is 2.60. The number of nitrogens with one attached hydrogen (secondary N) is 2. The average molecular weight is 308 g/mol. The summed E-state index contributed by atoms with van der Waals surface area (Å²) in [5, 5.41) is 0. The molecule has 0 atom stereocenters. The molecule has 0 radical (unpaired) electrons. The number of carbonyl (C=O) groups excluding carboxylic acids is 2. The Morgan fingerprint density at radius 2 is 1.64 bits per heavy atom. The number of carbonyl (C=O) groups is 2. The van der Waals surface area contributed by atoms with Crippen LogP contribution >= 0.6 is 0 Å². The first kappa shape index (κ1) is 18.0. The smallest absolute Gasteiger partial charge is 0.421 e. The molecule has 0 aliphatic carbocycles. The Kier molecular flexibility index (Phi) is 5.93. The highest BCUT2D eigenvalue weighted by Gasteiger charge is 2.32. The fourth-order valence-corrected chi connectivity index (χ4v) is 1.42. The van der Waals surface area contributed by atoms with Crippen molar-refractivity contribution in [1.82, 2.24) is 10.9 Å². The highest BCUT2D eigenvalue weighted by molar-refractivity contribution is 5.80. The summed E-state index contributed by atoms with van der Waals surface area (Å²) in [5.74, 6) is -0.469. The summed E-state index contributed by atoms with van der Waals surface area (Å²) in [4.78, 5) is 23.6. The number of hydrazine groups is 1. The second-order valence-corrected chi connectivity index (χ2v) is 6.44. The van der Waals surface area contributed by atoms with Crippen molar-refractivity contribution in [3.05, 3.63) is 35.9 Å². The van der Waals surface area contributed by atoms with Crippen molar-refractivity contribution in [1.29, 1.82) is 0 Å². The quantitative estimate of drug-likeness (QED) is 0.646. The molecule has 122 valence electrons. The summed E-state index contributed by atoms with van der Waals surface area (Å²) >= 11 is 0. The lowest BCUT2D eigenvalue weighted by molar-refractivity contribution is -0.162. The highest BCUT2D eigenvalue weighted by Crippen LogP contribution is 2.13. The Bertz CT molecular complexity index is 507. The van der Waals surface area contributed by atoms with E-state index in [2.05, 4.69) is 10.9 Å². The minimum absolute atomic E-state index is 0.154. The van der Waals surface area contributed by atoms with E-state index in [4.69, 9.17) is 9.47 Å². The number of amides is 1. The largest absolute Gasteiger partial charge is 0.459 e. The monoisotopic (exact) mass is 308 g/mol. The van der Waals surface area contributed by atoms with Gasteiger partial charge in [0.2, 0.25) is 0 Å². The number of ether oxygens (including phenoxy) is 2. The van der Waals surface area contributed by atoms with Gasteiger partial charge in [-0.1, -0.05) is 30.3 Å². The van der Waals surface area contributed by atoms with E-state index < -0.39 is 23.2 Å². The highest BCUT2D eigenvalue weighted by atomic mass is 16.6. The summed E-state index contributed by atoms with van der Waals surface area (Å²) < 4.78 is 10.3. The van der Waals surface area contributed by atoms with Gasteiger partial charge in [0.25, 0.3) is 0 Å². The van der Waals surface area contributed by atoms with Gasteiger partial charge in [0.15, 0.2) is 0 Å². The van der Waals surface area contributed by atoms with Gasteiger partial charge in [-0.3, -0.25) is 5.43 Å². The fraction of sp³-hybridized carbons (Fsp3) is 0.500. The van der Waals surface area contributed by atoms with Crippen LogP contribution < -0.4 is 10.9 Å². The van der Waals surface area contributed by atoms with E-state index in [1.165, 1.54) is 0 Å². The minimum Gasteiger partial charge on any atom is -0.459 e. The molecule has 1 amide bonds. The SMILES string of the molecule is CC(C)(C)OC(=O)C(C)(C)NNC(=O)OCc1ccccc1. The molecule has 1 rings (SSSR count). The van der Waals surface area contributed by atoms with Crippen molar-refractivity contribution >= 4 is 12.1 Å². The van der Waals surface area contributed by atoms with Crippen LogP contribution in [0.5, 0.6) is 0 Å². The van der Waals surface area contributed by atoms with Crippen molar-refractivity contribution in [3.63, 3.8) is 0 Å². The van der Waals surface area contributed by atoms with Gasteiger partial charge in [-0.15, -0.1) is 0 Å². The van der Waals surface area contributed by atoms with Crippen LogP contribution in [0.4, 0.5) is 4.79 Å². The summed E-state index contributed by atoms with van der Waals surface area (Å²) in [6.45, 7) is 8.71. The third kappa shape index (κ3) is 6.58. The Hall–Kier alpha value is -2.08. The predicted octanol–water partition coefficient (Wildman–Crippen LogP) is 2.54. The summed E-state index contributed by atoms with van der Waals surface area (Å²) in [7, 11) is 0. The van der Waals surface area contributed by atoms with Crippen LogP contribution in [-0.4, -0.2) is 23.2 Å². The number of hydrogen-bond acceptors (Lipinski definition) is 5. The van der Waals surface area contributed by atoms with Gasteiger partial charge in [-0.05, 0) is 40.2 Å². The zero-order valence-electron chi connectivity index (χ0n) is 13.7. The van der Waals surface area contributed by atoms with Crippen LogP contribution in [0.15, 0.2) is 30.3 Å². The van der Waals surface area contributed by atoms with E-state index in [1.54, 1.807) is 34.6 Å². The van der Waals surface area contributed by atoms with Crippen LogP contribution in [0.25, 0.3) is 0 Å². The Labute approximate surface area is 131 Å². The molecule has 2 N–H and O–H groups in total. The maximum Gasteiger partial charge on any atom is 0.421 e. The average Bonchev–Trinajstić information content (AvgIpc) is 2.42. The zero-order valence-corrected chi connectivity index (χ0v) is 13.7. The summed E-state index contributed by atoms with van der Waals surface area (Å²) in [6.07, 6.45) is -0.666. The minimum atomic E-state index is -1.07. The van der Waals surface area contributed by atoms with Gasteiger partial charge in [-0.25, -0.2) is 15.0 Å². The lowest BCUT2D eigenvalue weighted by Gasteiger charge is -2.29. The van der Waals surface area contributed by atoms with Crippen molar-refractivity contribution in [2.75, 3.05) is 0 Å². The molecule has 0 spiro atoms. The van der Waals surface area contributed by atoms with E-state index in [0.29, 0.717) is 0 Å². The molecule has 1 aromatic rings. The first-order valence-corrected chi connectivity index (χ1v) is 7.07. The summed E-state index contributed by atoms with van der Waals surface area (Å²) in [5.41, 5.74) is 4.18. The van der Waals surface area contributed by atoms with Crippen LogP contribution in [0, 0.1) is 0 Å². The van der Waals surface area contributed by atoms with Crippen molar-refractivity contribution in [3.8, 4) is 0 Å². The van der Waals surface area contributed by atoms with E-state index in [0.717, 1.165) is 5.56 Å². The lowest BCUT2D eigenvalue weighted by atomic mass is 10.1. The number of hydrogen-bond donors (Lipinski definition) is 2. The van der Waals surface area contributed by atoms with E-state index in [9.17, 15) is 9.59 Å². The molecule has 0 fully saturated rings. The third-order valence-corrected chi connectivity index (χ3v) is 2.60. The molecule has 0 aromatic heterocycles. The van der Waals surface area contributed by atoms with Crippen LogP contribution in [0.2, 0.25) is 0 Å². The molecule has 0 saturated carbocycles. The second kappa shape index (κ2) is 7.26. The maximum absolute atomic E-state index is 12.0. The Morgan fingerprint density at radius 1 is 1.05 bits per heavy atom. The first-order valence-electron chi connectivity index (χ1n) is 7.07. The number of rotatable bonds is 5. The molecular formula is C16H24N2O4. The summed E-state index contributed by atoms with van der Waals surface area (Å²) in [6, 6.07) is 9.31. The van der Waals surface area contributed by atoms with Gasteiger partial charge in [0.05, 0.1) is 0 Å². The molecular weight excluding hydrogens is 284 g/mol. The van der Waals surface area contributed by atoms with Crippen LogP contribution in [0.1, 0.15) is 40.2 Å². The van der Waals surface area contributed by atoms with Crippen LogP contribution in [0.3, 0.4) is 0 Å². The van der Waals surface area contributed by atoms with Crippen LogP contribution in [-0.2, 0) is 20.9 Å². The van der Waals surface area contributed by atoms with Crippen molar-refractivity contribution in [2.45, 2.75) is 52.4 Å². The lowest BCUT2D eigenvalue weighted by Crippen LogP contribution is -2.56. The van der Waals surface area contributed by atoms with Gasteiger partial charge >= 0.3 is 12.1 Å². The van der Waals surface area contributed by atoms with E-state index in [-0.39, 0.29) is 6.61 Å². The van der Waals surface area contributed by atoms with Gasteiger partial charge in [0.1, 0.15) is 17.7 Å². The standard InChI is InChI=1S/C16H24N2O4/c1-15(2,3)22-13(19)16(4,5)18-17-14(20)21-11-12-9-7-6-8-10-12/h6-10,18H,11H2,1-5H3,(H,17,20). The van der Waals surface area contributed by atoms with Crippen molar-refractivity contribution < 1.29 is 19.1 Å². The normalized spacial score (nSPS) is 11.7. The zero-order chi connectivity index (χ0) is 16.8. The Balaban J connectivity index is 2.40. The topological polar surface area (TPSA) is 76.7 Å². The van der Waals surface area contributed by atoms with Gasteiger partial charge < -0.3 is 9.47 Å². The molecule has 6 nitrogen and oxygen atoms in total. The van der Waals surface area contributed by atoms with Gasteiger partial charge in [0, 0.05) is 0 Å². The fourth-order valence-electron chi connectivity index (χ4n) is 1.42. The first-order chi connectivity index (χ1) is 10.1. The molecule has 0 saturated heterocycles. The van der Waals surface area contributed by atoms with Gasteiger partial charge in [-0.2, -0.15) is 0 Å². The molecule has 0 unspecified atom stereocenters. The molecule has 0 heterocycles. The molecule has 22 heavy (non-hydrogen) atoms. The van der Waals surface area contributed by atoms with E-state index >= 15 is 0 Å². The predicted molar refractivity (Wildman–Crippen MR) is 82.8 cm³/mol. The molecule has 0 aliphatic rings. The maximum atomic E-state index is 12.0.